The average Bonchev–Trinajstić information content (AvgIpc) is 2.90. The molecule has 2 heterocycles. The lowest BCUT2D eigenvalue weighted by Crippen LogP contribution is -2.58. The Labute approximate surface area is 173 Å². The van der Waals surface area contributed by atoms with Crippen LogP contribution in [0.3, 0.4) is 0 Å². The zero-order valence-corrected chi connectivity index (χ0v) is 17.0. The van der Waals surface area contributed by atoms with Crippen LogP contribution >= 0.6 is 23.2 Å². The first-order valence-corrected chi connectivity index (χ1v) is 9.53. The molecule has 0 aliphatic carbocycles. The Balaban J connectivity index is 1.61. The minimum atomic E-state index is -0.748. The van der Waals surface area contributed by atoms with Crippen molar-refractivity contribution in [2.45, 2.75) is 12.2 Å². The van der Waals surface area contributed by atoms with E-state index >= 15 is 0 Å². The predicted molar refractivity (Wildman–Crippen MR) is 116 cm³/mol. The van der Waals surface area contributed by atoms with Crippen molar-refractivity contribution >= 4 is 46.1 Å². The van der Waals surface area contributed by atoms with Gasteiger partial charge in [-0.1, -0.05) is 23.7 Å². The molecule has 0 saturated carbocycles. The van der Waals surface area contributed by atoms with E-state index in [4.69, 9.17) is 28.9 Å². The maximum Gasteiger partial charge on any atom is 0.224 e. The maximum atomic E-state index is 6.71. The summed E-state index contributed by atoms with van der Waals surface area (Å²) in [6.45, 7) is 0. The monoisotopic (exact) mass is 414 g/mol. The van der Waals surface area contributed by atoms with Crippen molar-refractivity contribution in [1.82, 2.24) is 9.97 Å². The molecule has 0 amide bonds. The minimum absolute atomic E-state index is 0.214. The van der Waals surface area contributed by atoms with Gasteiger partial charge in [-0.3, -0.25) is 5.73 Å². The highest BCUT2D eigenvalue weighted by Crippen LogP contribution is 2.41. The lowest BCUT2D eigenvalue weighted by molar-refractivity contribution is 0.492. The van der Waals surface area contributed by atoms with Gasteiger partial charge in [0.2, 0.25) is 5.28 Å². The summed E-state index contributed by atoms with van der Waals surface area (Å²) in [4.78, 5) is 12.2. The summed E-state index contributed by atoms with van der Waals surface area (Å²) >= 11 is 12.0. The van der Waals surface area contributed by atoms with Crippen LogP contribution in [-0.2, 0) is 6.42 Å². The van der Waals surface area contributed by atoms with E-state index in [2.05, 4.69) is 26.3 Å². The lowest BCUT2D eigenvalue weighted by atomic mass is 10.1. The molecular formula is C20H20Cl2N6. The van der Waals surface area contributed by atoms with Crippen molar-refractivity contribution in [3.8, 4) is 0 Å². The van der Waals surface area contributed by atoms with Gasteiger partial charge in [0, 0.05) is 37.4 Å². The molecule has 0 saturated heterocycles. The van der Waals surface area contributed by atoms with Crippen molar-refractivity contribution in [3.63, 3.8) is 0 Å². The summed E-state index contributed by atoms with van der Waals surface area (Å²) in [6, 6.07) is 15.7. The number of nitrogens with zero attached hydrogens (tertiary/aromatic N) is 4. The Morgan fingerprint density at radius 3 is 2.75 bits per heavy atom. The van der Waals surface area contributed by atoms with Crippen LogP contribution in [0.15, 0.2) is 54.7 Å². The summed E-state index contributed by atoms with van der Waals surface area (Å²) in [5, 5.41) is 4.38. The zero-order valence-electron chi connectivity index (χ0n) is 15.5. The number of benzene rings is 2. The van der Waals surface area contributed by atoms with Crippen molar-refractivity contribution < 1.29 is 0 Å². The Bertz CT molecular complexity index is 1030. The van der Waals surface area contributed by atoms with Crippen LogP contribution in [0.5, 0.6) is 0 Å². The molecule has 0 fully saturated rings. The average molecular weight is 415 g/mol. The number of anilines is 4. The summed E-state index contributed by atoms with van der Waals surface area (Å²) in [7, 11) is 3.91. The van der Waals surface area contributed by atoms with Crippen molar-refractivity contribution in [1.29, 1.82) is 0 Å². The second-order valence-corrected chi connectivity index (χ2v) is 7.63. The molecule has 8 heteroatoms. The Hall–Kier alpha value is -2.54. The molecule has 0 bridgehead atoms. The molecule has 1 atom stereocenters. The molecule has 3 N–H and O–H groups in total. The number of hydrogen-bond acceptors (Lipinski definition) is 6. The standard InChI is InChI=1S/C20H20Cl2N6/c1-27(18-8-9-24-19(22)25-18)15-6-7-17-16(11-15)26-20(23,28(17)2)12-13-4-3-5-14(21)10-13/h3-11,26H,12,23H2,1-2H3. The molecule has 0 spiro atoms. The maximum absolute atomic E-state index is 6.71. The van der Waals surface area contributed by atoms with E-state index in [0.717, 1.165) is 22.6 Å². The second-order valence-electron chi connectivity index (χ2n) is 6.86. The largest absolute Gasteiger partial charge is 0.348 e. The SMILES string of the molecule is CN(c1ccc2c(c1)NC(N)(Cc1cccc(Cl)c1)N2C)c1ccnc(Cl)n1. The number of fused-ring (bicyclic) bond motifs is 1. The molecule has 1 aromatic heterocycles. The summed E-state index contributed by atoms with van der Waals surface area (Å²) in [5.74, 6) is -0.0353. The van der Waals surface area contributed by atoms with Crippen molar-refractivity contribution in [2.24, 2.45) is 5.73 Å². The van der Waals surface area contributed by atoms with Crippen molar-refractivity contribution in [3.05, 3.63) is 70.6 Å². The van der Waals surface area contributed by atoms with Crippen LogP contribution in [0.4, 0.5) is 22.9 Å². The number of nitrogens with two attached hydrogens (primary N) is 1. The molecule has 1 unspecified atom stereocenters. The number of likely N-dealkylation sites (N-methyl/N-ethyl adjacent to an activating group) is 1. The van der Waals surface area contributed by atoms with E-state index in [0.29, 0.717) is 17.3 Å². The van der Waals surface area contributed by atoms with Gasteiger partial charge in [-0.15, -0.1) is 0 Å². The fourth-order valence-electron chi connectivity index (χ4n) is 3.42. The minimum Gasteiger partial charge on any atom is -0.348 e. The molecule has 1 aliphatic heterocycles. The van der Waals surface area contributed by atoms with Gasteiger partial charge < -0.3 is 15.1 Å². The molecule has 1 aliphatic rings. The van der Waals surface area contributed by atoms with Crippen molar-refractivity contribution in [2.75, 3.05) is 29.2 Å². The third-order valence-electron chi connectivity index (χ3n) is 5.00. The highest BCUT2D eigenvalue weighted by Gasteiger charge is 2.38. The van der Waals surface area contributed by atoms with Gasteiger partial charge >= 0.3 is 0 Å². The Kier molecular flexibility index (Phi) is 4.79. The normalized spacial score (nSPS) is 18.0. The molecule has 0 radical (unpaired) electrons. The van der Waals surface area contributed by atoms with E-state index in [-0.39, 0.29) is 5.28 Å². The first-order valence-electron chi connectivity index (χ1n) is 8.77. The van der Waals surface area contributed by atoms with Gasteiger partial charge in [0.05, 0.1) is 11.4 Å². The summed E-state index contributed by atoms with van der Waals surface area (Å²) in [5.41, 5.74) is 10.7. The number of nitrogens with one attached hydrogen (secondary N) is 1. The van der Waals surface area contributed by atoms with E-state index < -0.39 is 5.79 Å². The first kappa shape index (κ1) is 18.8. The van der Waals surface area contributed by atoms with Crippen LogP contribution < -0.4 is 20.9 Å². The Morgan fingerprint density at radius 1 is 1.18 bits per heavy atom. The molecule has 4 rings (SSSR count). The number of hydrogen-bond donors (Lipinski definition) is 2. The molecule has 2 aromatic carbocycles. The van der Waals surface area contributed by atoms with Crippen LogP contribution in [-0.4, -0.2) is 29.9 Å². The van der Waals surface area contributed by atoms with E-state index in [1.54, 1.807) is 6.20 Å². The molecule has 144 valence electrons. The number of rotatable bonds is 4. The highest BCUT2D eigenvalue weighted by atomic mass is 35.5. The predicted octanol–water partition coefficient (Wildman–Crippen LogP) is 4.27. The van der Waals surface area contributed by atoms with E-state index in [1.807, 2.05) is 61.5 Å². The summed E-state index contributed by atoms with van der Waals surface area (Å²) < 4.78 is 0. The van der Waals surface area contributed by atoms with E-state index in [9.17, 15) is 0 Å². The van der Waals surface area contributed by atoms with Gasteiger partial charge in [0.15, 0.2) is 5.79 Å². The number of halogens is 2. The van der Waals surface area contributed by atoms with Gasteiger partial charge in [0.25, 0.3) is 0 Å². The molecule has 3 aromatic rings. The third-order valence-corrected chi connectivity index (χ3v) is 5.41. The fraction of sp³-hybridized carbons (Fsp3) is 0.200. The Morgan fingerprint density at radius 2 is 2.00 bits per heavy atom. The van der Waals surface area contributed by atoms with Crippen LogP contribution in [0, 0.1) is 0 Å². The lowest BCUT2D eigenvalue weighted by Gasteiger charge is -2.34. The van der Waals surface area contributed by atoms with Crippen LogP contribution in [0.1, 0.15) is 5.56 Å². The molecule has 6 nitrogen and oxygen atoms in total. The smallest absolute Gasteiger partial charge is 0.224 e. The van der Waals surface area contributed by atoms with Gasteiger partial charge in [0.1, 0.15) is 5.82 Å². The molecular weight excluding hydrogens is 395 g/mol. The molecule has 28 heavy (non-hydrogen) atoms. The number of aromatic nitrogens is 2. The zero-order chi connectivity index (χ0) is 19.9. The first-order chi connectivity index (χ1) is 13.4. The quantitative estimate of drug-likeness (QED) is 0.621. The van der Waals surface area contributed by atoms with Gasteiger partial charge in [-0.2, -0.15) is 0 Å². The van der Waals surface area contributed by atoms with Crippen LogP contribution in [0.2, 0.25) is 10.3 Å². The third kappa shape index (κ3) is 3.46. The highest BCUT2D eigenvalue weighted by molar-refractivity contribution is 6.30. The van der Waals surface area contributed by atoms with Gasteiger partial charge in [-0.05, 0) is 53.6 Å². The van der Waals surface area contributed by atoms with E-state index in [1.165, 1.54) is 0 Å². The fourth-order valence-corrected chi connectivity index (χ4v) is 3.78. The van der Waals surface area contributed by atoms with Crippen LogP contribution in [0.25, 0.3) is 0 Å². The van der Waals surface area contributed by atoms with Gasteiger partial charge in [-0.25, -0.2) is 9.97 Å². The summed E-state index contributed by atoms with van der Waals surface area (Å²) in [6.07, 6.45) is 2.24. The topological polar surface area (TPSA) is 70.3 Å². The second kappa shape index (κ2) is 7.13.